The Labute approximate surface area is 89.5 Å². The van der Waals surface area contributed by atoms with Crippen LogP contribution < -0.4 is 4.74 Å². The quantitative estimate of drug-likeness (QED) is 0.810. The van der Waals surface area contributed by atoms with Gasteiger partial charge >= 0.3 is 6.18 Å². The topological polar surface area (TPSA) is 46.5 Å². The molecule has 0 saturated heterocycles. The molecule has 0 amide bonds. The van der Waals surface area contributed by atoms with E-state index in [4.69, 9.17) is 5.11 Å². The van der Waals surface area contributed by atoms with Crippen LogP contribution in [0.2, 0.25) is 0 Å². The first-order chi connectivity index (χ1) is 7.46. The molecule has 0 heterocycles. The third-order valence-corrected chi connectivity index (χ3v) is 1.78. The number of alkyl halides is 3. The molecule has 0 fully saturated rings. The highest BCUT2D eigenvalue weighted by atomic mass is 19.4. The van der Waals surface area contributed by atoms with Gasteiger partial charge in [0.15, 0.2) is 6.61 Å². The second kappa shape index (κ2) is 4.98. The number of aliphatic hydroxyl groups excluding tert-OH is 1. The summed E-state index contributed by atoms with van der Waals surface area (Å²) in [5.41, 5.74) is 0.414. The fraction of sp³-hybridized carbons (Fsp3) is 0.300. The van der Waals surface area contributed by atoms with Crippen LogP contribution in [0.15, 0.2) is 18.2 Å². The lowest BCUT2D eigenvalue weighted by Crippen LogP contribution is -2.19. The number of halogens is 3. The largest absolute Gasteiger partial charge is 0.484 e. The van der Waals surface area contributed by atoms with Crippen LogP contribution in [0.25, 0.3) is 0 Å². The van der Waals surface area contributed by atoms with E-state index >= 15 is 0 Å². The van der Waals surface area contributed by atoms with Crippen molar-refractivity contribution >= 4 is 6.29 Å². The molecular formula is C10H9F3O3. The molecule has 0 aliphatic heterocycles. The number of hydrogen-bond acceptors (Lipinski definition) is 3. The van der Waals surface area contributed by atoms with Crippen LogP contribution in [-0.4, -0.2) is 24.2 Å². The molecule has 0 radical (unpaired) electrons. The van der Waals surface area contributed by atoms with Crippen molar-refractivity contribution in [2.45, 2.75) is 12.8 Å². The highest BCUT2D eigenvalue weighted by Gasteiger charge is 2.28. The number of benzene rings is 1. The van der Waals surface area contributed by atoms with Crippen LogP contribution >= 0.6 is 0 Å². The van der Waals surface area contributed by atoms with E-state index < -0.39 is 19.4 Å². The van der Waals surface area contributed by atoms with Crippen LogP contribution in [0, 0.1) is 0 Å². The number of aliphatic hydroxyl groups is 1. The minimum absolute atomic E-state index is 0.0783. The number of carbonyl (C=O) groups is 1. The van der Waals surface area contributed by atoms with Gasteiger partial charge in [0, 0.05) is 11.1 Å². The normalized spacial score (nSPS) is 11.2. The first kappa shape index (κ1) is 12.5. The van der Waals surface area contributed by atoms with Gasteiger partial charge in [0.1, 0.15) is 12.0 Å². The lowest BCUT2D eigenvalue weighted by Gasteiger charge is -2.12. The summed E-state index contributed by atoms with van der Waals surface area (Å²) >= 11 is 0. The Morgan fingerprint density at radius 1 is 1.38 bits per heavy atom. The van der Waals surface area contributed by atoms with Crippen molar-refractivity contribution in [1.82, 2.24) is 0 Å². The Bertz CT molecular complexity index is 374. The van der Waals surface area contributed by atoms with Crippen molar-refractivity contribution in [2.75, 3.05) is 6.61 Å². The molecule has 0 aromatic heterocycles. The zero-order valence-corrected chi connectivity index (χ0v) is 8.12. The molecular weight excluding hydrogens is 225 g/mol. The Morgan fingerprint density at radius 2 is 2.06 bits per heavy atom. The maximum Gasteiger partial charge on any atom is 0.422 e. The van der Waals surface area contributed by atoms with E-state index in [1.54, 1.807) is 0 Å². The molecule has 1 rings (SSSR count). The van der Waals surface area contributed by atoms with Gasteiger partial charge in [-0.15, -0.1) is 0 Å². The van der Waals surface area contributed by atoms with Crippen LogP contribution in [0.3, 0.4) is 0 Å². The molecule has 0 aliphatic carbocycles. The van der Waals surface area contributed by atoms with Crippen LogP contribution in [-0.2, 0) is 6.61 Å². The van der Waals surface area contributed by atoms with Gasteiger partial charge in [-0.1, -0.05) is 0 Å². The summed E-state index contributed by atoms with van der Waals surface area (Å²) < 4.78 is 40.1. The molecule has 0 saturated carbocycles. The van der Waals surface area contributed by atoms with E-state index in [9.17, 15) is 18.0 Å². The van der Waals surface area contributed by atoms with Crippen molar-refractivity contribution in [3.8, 4) is 5.75 Å². The standard InChI is InChI=1S/C10H9F3O3/c11-10(12,13)6-16-9-2-1-7(4-14)3-8(9)5-15/h1-4,15H,5-6H2. The summed E-state index contributed by atoms with van der Waals surface area (Å²) in [4.78, 5) is 10.4. The molecule has 0 spiro atoms. The maximum atomic E-state index is 11.9. The summed E-state index contributed by atoms with van der Waals surface area (Å²) in [6.45, 7) is -1.92. The molecule has 6 heteroatoms. The van der Waals surface area contributed by atoms with Gasteiger partial charge in [0.25, 0.3) is 0 Å². The summed E-state index contributed by atoms with van der Waals surface area (Å²) in [7, 11) is 0. The summed E-state index contributed by atoms with van der Waals surface area (Å²) in [6, 6.07) is 3.82. The van der Waals surface area contributed by atoms with Gasteiger partial charge in [0.05, 0.1) is 6.61 Å². The Hall–Kier alpha value is -1.56. The summed E-state index contributed by atoms with van der Waals surface area (Å²) in [5, 5.41) is 8.89. The molecule has 1 N–H and O–H groups in total. The van der Waals surface area contributed by atoms with E-state index in [0.29, 0.717) is 6.29 Å². The van der Waals surface area contributed by atoms with E-state index in [1.165, 1.54) is 18.2 Å². The number of carbonyl (C=O) groups excluding carboxylic acids is 1. The van der Waals surface area contributed by atoms with Crippen molar-refractivity contribution in [3.63, 3.8) is 0 Å². The van der Waals surface area contributed by atoms with Crippen molar-refractivity contribution in [3.05, 3.63) is 29.3 Å². The van der Waals surface area contributed by atoms with E-state index in [0.717, 1.165) is 0 Å². The zero-order valence-electron chi connectivity index (χ0n) is 8.12. The predicted molar refractivity (Wildman–Crippen MR) is 49.3 cm³/mol. The Kier molecular flexibility index (Phi) is 3.89. The van der Waals surface area contributed by atoms with Crippen molar-refractivity contribution < 1.29 is 27.8 Å². The highest BCUT2D eigenvalue weighted by molar-refractivity contribution is 5.75. The Balaban J connectivity index is 2.83. The second-order valence-corrected chi connectivity index (χ2v) is 3.05. The number of aldehydes is 1. The van der Waals surface area contributed by atoms with Crippen LogP contribution in [0.4, 0.5) is 13.2 Å². The predicted octanol–water partition coefficient (Wildman–Crippen LogP) is 1.93. The molecule has 1 aromatic rings. The Morgan fingerprint density at radius 3 is 2.56 bits per heavy atom. The fourth-order valence-electron chi connectivity index (χ4n) is 1.10. The van der Waals surface area contributed by atoms with Crippen molar-refractivity contribution in [1.29, 1.82) is 0 Å². The summed E-state index contributed by atoms with van der Waals surface area (Å²) in [5.74, 6) is -0.0783. The minimum Gasteiger partial charge on any atom is -0.484 e. The third-order valence-electron chi connectivity index (χ3n) is 1.78. The molecule has 0 unspecified atom stereocenters. The maximum absolute atomic E-state index is 11.9. The first-order valence-electron chi connectivity index (χ1n) is 4.35. The minimum atomic E-state index is -4.43. The SMILES string of the molecule is O=Cc1ccc(OCC(F)(F)F)c(CO)c1. The molecule has 3 nitrogen and oxygen atoms in total. The van der Waals surface area contributed by atoms with Crippen LogP contribution in [0.1, 0.15) is 15.9 Å². The van der Waals surface area contributed by atoms with E-state index in [2.05, 4.69) is 4.74 Å². The second-order valence-electron chi connectivity index (χ2n) is 3.05. The van der Waals surface area contributed by atoms with Crippen molar-refractivity contribution in [2.24, 2.45) is 0 Å². The van der Waals surface area contributed by atoms with Gasteiger partial charge in [-0.2, -0.15) is 13.2 Å². The monoisotopic (exact) mass is 234 g/mol. The average Bonchev–Trinajstić information content (AvgIpc) is 2.25. The number of ether oxygens (including phenoxy) is 1. The van der Waals surface area contributed by atoms with Gasteiger partial charge in [-0.3, -0.25) is 4.79 Å². The molecule has 0 bridgehead atoms. The molecule has 0 atom stereocenters. The summed E-state index contributed by atoms with van der Waals surface area (Å²) in [6.07, 6.45) is -3.90. The average molecular weight is 234 g/mol. The smallest absolute Gasteiger partial charge is 0.422 e. The highest BCUT2D eigenvalue weighted by Crippen LogP contribution is 2.23. The van der Waals surface area contributed by atoms with Gasteiger partial charge in [-0.25, -0.2) is 0 Å². The van der Waals surface area contributed by atoms with Gasteiger partial charge in [-0.05, 0) is 18.2 Å². The fourth-order valence-corrected chi connectivity index (χ4v) is 1.10. The van der Waals surface area contributed by atoms with Gasteiger partial charge < -0.3 is 9.84 Å². The molecule has 1 aromatic carbocycles. The number of rotatable bonds is 4. The molecule has 16 heavy (non-hydrogen) atoms. The molecule has 88 valence electrons. The van der Waals surface area contributed by atoms with E-state index in [-0.39, 0.29) is 16.9 Å². The third kappa shape index (κ3) is 3.54. The lowest BCUT2D eigenvalue weighted by molar-refractivity contribution is -0.153. The lowest BCUT2D eigenvalue weighted by atomic mass is 10.1. The van der Waals surface area contributed by atoms with E-state index in [1.807, 2.05) is 0 Å². The zero-order chi connectivity index (χ0) is 12.2. The number of hydrogen-bond donors (Lipinski definition) is 1. The van der Waals surface area contributed by atoms with Crippen LogP contribution in [0.5, 0.6) is 5.75 Å². The first-order valence-corrected chi connectivity index (χ1v) is 4.35. The molecule has 0 aliphatic rings. The van der Waals surface area contributed by atoms with Gasteiger partial charge in [0.2, 0.25) is 0 Å².